The highest BCUT2D eigenvalue weighted by Gasteiger charge is 2.22. The first-order valence-electron chi connectivity index (χ1n) is 7.42. The predicted octanol–water partition coefficient (Wildman–Crippen LogP) is 2.35. The van der Waals surface area contributed by atoms with E-state index < -0.39 is 12.0 Å². The number of ether oxygens (including phenoxy) is 1. The summed E-state index contributed by atoms with van der Waals surface area (Å²) in [6, 6.07) is 9.23. The lowest BCUT2D eigenvalue weighted by Gasteiger charge is -2.18. The van der Waals surface area contributed by atoms with Gasteiger partial charge in [-0.25, -0.2) is 4.79 Å². The first-order chi connectivity index (χ1) is 10.5. The molecule has 0 saturated carbocycles. The van der Waals surface area contributed by atoms with Crippen LogP contribution in [0, 0.1) is 5.92 Å². The van der Waals surface area contributed by atoms with Crippen LogP contribution in [0.5, 0.6) is 0 Å². The van der Waals surface area contributed by atoms with Crippen LogP contribution < -0.4 is 5.32 Å². The third kappa shape index (κ3) is 3.87. The van der Waals surface area contributed by atoms with Crippen molar-refractivity contribution in [2.75, 3.05) is 7.11 Å². The van der Waals surface area contributed by atoms with Crippen molar-refractivity contribution in [3.8, 4) is 0 Å². The van der Waals surface area contributed by atoms with E-state index in [2.05, 4.69) is 5.32 Å². The number of methoxy groups -OCH3 is 1. The van der Waals surface area contributed by atoms with Gasteiger partial charge in [-0.3, -0.25) is 4.79 Å². The van der Waals surface area contributed by atoms with Crippen LogP contribution in [-0.4, -0.2) is 29.6 Å². The second kappa shape index (κ2) is 7.11. The number of nitrogens with one attached hydrogen (secondary N) is 1. The summed E-state index contributed by atoms with van der Waals surface area (Å²) in [6.07, 6.45) is 2.44. The molecule has 22 heavy (non-hydrogen) atoms. The number of carbonyl (C=O) groups is 2. The number of para-hydroxylation sites is 1. The molecule has 0 aliphatic heterocycles. The monoisotopic (exact) mass is 302 g/mol. The van der Waals surface area contributed by atoms with E-state index in [0.717, 1.165) is 10.9 Å². The van der Waals surface area contributed by atoms with E-state index >= 15 is 0 Å². The number of rotatable bonds is 6. The summed E-state index contributed by atoms with van der Waals surface area (Å²) in [7, 11) is 1.33. The highest BCUT2D eigenvalue weighted by molar-refractivity contribution is 5.86. The highest BCUT2D eigenvalue weighted by Crippen LogP contribution is 2.15. The normalized spacial score (nSPS) is 12.4. The lowest BCUT2D eigenvalue weighted by molar-refractivity contribution is -0.145. The molecule has 0 aliphatic carbocycles. The smallest absolute Gasteiger partial charge is 0.328 e. The zero-order valence-electron chi connectivity index (χ0n) is 13.2. The van der Waals surface area contributed by atoms with Gasteiger partial charge in [0.25, 0.3) is 0 Å². The van der Waals surface area contributed by atoms with Crippen LogP contribution >= 0.6 is 0 Å². The zero-order valence-corrected chi connectivity index (χ0v) is 13.2. The molecule has 2 rings (SSSR count). The van der Waals surface area contributed by atoms with Crippen molar-refractivity contribution >= 4 is 22.8 Å². The van der Waals surface area contributed by atoms with E-state index in [-0.39, 0.29) is 18.4 Å². The van der Waals surface area contributed by atoms with Crippen LogP contribution in [0.2, 0.25) is 0 Å². The first kappa shape index (κ1) is 16.1. The second-order valence-corrected chi connectivity index (χ2v) is 5.78. The fraction of sp³-hybridized carbons (Fsp3) is 0.412. The summed E-state index contributed by atoms with van der Waals surface area (Å²) in [4.78, 5) is 24.0. The minimum absolute atomic E-state index is 0.180. The minimum Gasteiger partial charge on any atom is -0.467 e. The van der Waals surface area contributed by atoms with Gasteiger partial charge in [-0.1, -0.05) is 32.0 Å². The molecular formula is C17H22N2O3. The van der Waals surface area contributed by atoms with Crippen molar-refractivity contribution in [2.45, 2.75) is 32.9 Å². The predicted molar refractivity (Wildman–Crippen MR) is 85.3 cm³/mol. The largest absolute Gasteiger partial charge is 0.467 e. The molecule has 0 spiro atoms. The fourth-order valence-corrected chi connectivity index (χ4v) is 2.50. The van der Waals surface area contributed by atoms with Crippen LogP contribution in [0.15, 0.2) is 36.5 Å². The average molecular weight is 302 g/mol. The number of benzene rings is 1. The van der Waals surface area contributed by atoms with Crippen LogP contribution in [0.25, 0.3) is 10.9 Å². The maximum Gasteiger partial charge on any atom is 0.328 e. The van der Waals surface area contributed by atoms with Gasteiger partial charge in [0.05, 0.1) is 7.11 Å². The zero-order chi connectivity index (χ0) is 16.1. The molecule has 1 atom stereocenters. The Morgan fingerprint density at radius 3 is 2.64 bits per heavy atom. The highest BCUT2D eigenvalue weighted by atomic mass is 16.5. The van der Waals surface area contributed by atoms with E-state index in [4.69, 9.17) is 4.74 Å². The maximum atomic E-state index is 12.2. The van der Waals surface area contributed by atoms with Gasteiger partial charge in [0, 0.05) is 11.7 Å². The van der Waals surface area contributed by atoms with Gasteiger partial charge in [0.2, 0.25) is 5.91 Å². The molecule has 1 aromatic heterocycles. The summed E-state index contributed by atoms with van der Waals surface area (Å²) in [6.45, 7) is 4.18. The first-order valence-corrected chi connectivity index (χ1v) is 7.42. The van der Waals surface area contributed by atoms with Gasteiger partial charge in [-0.05, 0) is 29.9 Å². The molecule has 0 fully saturated rings. The molecule has 1 amide bonds. The Morgan fingerprint density at radius 2 is 1.95 bits per heavy atom. The quantitative estimate of drug-likeness (QED) is 0.833. The molecule has 5 heteroatoms. The van der Waals surface area contributed by atoms with E-state index in [1.807, 2.05) is 54.9 Å². The van der Waals surface area contributed by atoms with E-state index in [1.54, 1.807) is 0 Å². The molecule has 0 aliphatic rings. The number of amides is 1. The van der Waals surface area contributed by atoms with Gasteiger partial charge < -0.3 is 14.6 Å². The van der Waals surface area contributed by atoms with Crippen LogP contribution in [0.4, 0.5) is 0 Å². The Bertz CT molecular complexity index is 661. The second-order valence-electron chi connectivity index (χ2n) is 5.78. The number of hydrogen-bond acceptors (Lipinski definition) is 3. The molecule has 2 aromatic rings. The van der Waals surface area contributed by atoms with Crippen LogP contribution in [-0.2, 0) is 20.9 Å². The molecule has 0 unspecified atom stereocenters. The molecule has 0 saturated heterocycles. The Labute approximate surface area is 130 Å². The third-order valence-corrected chi connectivity index (χ3v) is 3.52. The van der Waals surface area contributed by atoms with E-state index in [9.17, 15) is 9.59 Å². The molecule has 1 N–H and O–H groups in total. The van der Waals surface area contributed by atoms with Crippen molar-refractivity contribution in [3.63, 3.8) is 0 Å². The average Bonchev–Trinajstić information content (AvgIpc) is 2.88. The summed E-state index contributed by atoms with van der Waals surface area (Å²) >= 11 is 0. The number of aromatic nitrogens is 1. The standard InChI is InChI=1S/C17H22N2O3/c1-12(2)10-14(17(21)22-3)18-16(20)11-19-9-8-13-6-4-5-7-15(13)19/h4-9,12,14H,10-11H2,1-3H3,(H,18,20)/t14-/m0/s1. The van der Waals surface area contributed by atoms with E-state index in [0.29, 0.717) is 6.42 Å². The minimum atomic E-state index is -0.598. The van der Waals surface area contributed by atoms with Gasteiger partial charge in [-0.2, -0.15) is 0 Å². The summed E-state index contributed by atoms with van der Waals surface area (Å²) in [5.74, 6) is -0.311. The molecule has 1 heterocycles. The maximum absolute atomic E-state index is 12.2. The summed E-state index contributed by atoms with van der Waals surface area (Å²) < 4.78 is 6.63. The fourth-order valence-electron chi connectivity index (χ4n) is 2.50. The number of nitrogens with zero attached hydrogens (tertiary/aromatic N) is 1. The van der Waals surface area contributed by atoms with Crippen molar-refractivity contribution in [1.29, 1.82) is 0 Å². The van der Waals surface area contributed by atoms with Crippen molar-refractivity contribution in [3.05, 3.63) is 36.5 Å². The van der Waals surface area contributed by atoms with Gasteiger partial charge in [0.1, 0.15) is 12.6 Å². The van der Waals surface area contributed by atoms with Crippen LogP contribution in [0.1, 0.15) is 20.3 Å². The third-order valence-electron chi connectivity index (χ3n) is 3.52. The SMILES string of the molecule is COC(=O)[C@H](CC(C)C)NC(=O)Cn1ccc2ccccc21. The Balaban J connectivity index is 2.06. The Hall–Kier alpha value is -2.30. The Morgan fingerprint density at radius 1 is 1.23 bits per heavy atom. The molecule has 0 radical (unpaired) electrons. The van der Waals surface area contributed by atoms with Crippen molar-refractivity contribution in [1.82, 2.24) is 9.88 Å². The lowest BCUT2D eigenvalue weighted by atomic mass is 10.0. The number of carbonyl (C=O) groups excluding carboxylic acids is 2. The molecule has 1 aromatic carbocycles. The number of esters is 1. The van der Waals surface area contributed by atoms with Crippen molar-refractivity contribution < 1.29 is 14.3 Å². The van der Waals surface area contributed by atoms with Crippen LogP contribution in [0.3, 0.4) is 0 Å². The molecular weight excluding hydrogens is 280 g/mol. The van der Waals surface area contributed by atoms with E-state index in [1.165, 1.54) is 7.11 Å². The Kier molecular flexibility index (Phi) is 5.20. The molecule has 118 valence electrons. The van der Waals surface area contributed by atoms with Gasteiger partial charge >= 0.3 is 5.97 Å². The lowest BCUT2D eigenvalue weighted by Crippen LogP contribution is -2.43. The molecule has 0 bridgehead atoms. The summed E-state index contributed by atoms with van der Waals surface area (Å²) in [5, 5.41) is 3.85. The number of fused-ring (bicyclic) bond motifs is 1. The molecule has 5 nitrogen and oxygen atoms in total. The van der Waals surface area contributed by atoms with Gasteiger partial charge in [-0.15, -0.1) is 0 Å². The summed E-state index contributed by atoms with van der Waals surface area (Å²) in [5.41, 5.74) is 0.996. The number of hydrogen-bond donors (Lipinski definition) is 1. The topological polar surface area (TPSA) is 60.3 Å². The van der Waals surface area contributed by atoms with Gasteiger partial charge in [0.15, 0.2) is 0 Å². The van der Waals surface area contributed by atoms with Crippen molar-refractivity contribution in [2.24, 2.45) is 5.92 Å².